The lowest BCUT2D eigenvalue weighted by molar-refractivity contribution is -0.119. The molecular formula is C18H18ClFN2O3S. The van der Waals surface area contributed by atoms with Gasteiger partial charge in [-0.1, -0.05) is 29.3 Å². The summed E-state index contributed by atoms with van der Waals surface area (Å²) in [5.74, 6) is -1.05. The minimum Gasteiger partial charge on any atom is -0.325 e. The van der Waals surface area contributed by atoms with Crippen molar-refractivity contribution in [3.63, 3.8) is 0 Å². The van der Waals surface area contributed by atoms with Crippen molar-refractivity contribution >= 4 is 33.2 Å². The maximum Gasteiger partial charge on any atom is 0.243 e. The monoisotopic (exact) mass is 396 g/mol. The van der Waals surface area contributed by atoms with E-state index < -0.39 is 27.8 Å². The van der Waals surface area contributed by atoms with Crippen LogP contribution in [-0.2, 0) is 14.8 Å². The van der Waals surface area contributed by atoms with Crippen molar-refractivity contribution in [2.24, 2.45) is 0 Å². The molecule has 1 aliphatic rings. The smallest absolute Gasteiger partial charge is 0.243 e. The average Bonchev–Trinajstić information content (AvgIpc) is 3.09. The zero-order valence-corrected chi connectivity index (χ0v) is 15.6. The largest absolute Gasteiger partial charge is 0.325 e. The summed E-state index contributed by atoms with van der Waals surface area (Å²) in [6, 6.07) is 9.53. The fraction of sp³-hybridized carbons (Fsp3) is 0.278. The Balaban J connectivity index is 1.81. The summed E-state index contributed by atoms with van der Waals surface area (Å²) in [6.07, 6.45) is 1.01. The van der Waals surface area contributed by atoms with Gasteiger partial charge in [0.05, 0.1) is 9.92 Å². The van der Waals surface area contributed by atoms with Crippen LogP contribution in [0, 0.1) is 12.7 Å². The van der Waals surface area contributed by atoms with Gasteiger partial charge in [0.25, 0.3) is 0 Å². The fourth-order valence-corrected chi connectivity index (χ4v) is 4.77. The summed E-state index contributed by atoms with van der Waals surface area (Å²) in [6.45, 7) is 2.15. The first-order valence-electron chi connectivity index (χ1n) is 8.13. The molecule has 0 radical (unpaired) electrons. The minimum absolute atomic E-state index is 0.113. The molecule has 138 valence electrons. The Morgan fingerprint density at radius 3 is 2.58 bits per heavy atom. The predicted molar refractivity (Wildman–Crippen MR) is 98.1 cm³/mol. The highest BCUT2D eigenvalue weighted by molar-refractivity contribution is 7.89. The maximum absolute atomic E-state index is 13.2. The Kier molecular flexibility index (Phi) is 5.32. The molecule has 1 amide bonds. The molecule has 0 bridgehead atoms. The van der Waals surface area contributed by atoms with Crippen LogP contribution in [0.15, 0.2) is 47.4 Å². The summed E-state index contributed by atoms with van der Waals surface area (Å²) in [4.78, 5) is 12.8. The van der Waals surface area contributed by atoms with Crippen LogP contribution in [0.25, 0.3) is 0 Å². The molecule has 1 atom stereocenters. The Labute approximate surface area is 156 Å². The first-order chi connectivity index (χ1) is 12.3. The van der Waals surface area contributed by atoms with E-state index in [0.717, 1.165) is 11.6 Å². The molecule has 0 saturated carbocycles. The molecule has 1 N–H and O–H groups in total. The molecule has 5 nitrogen and oxygen atoms in total. The van der Waals surface area contributed by atoms with Gasteiger partial charge in [-0.15, -0.1) is 0 Å². The van der Waals surface area contributed by atoms with E-state index in [0.29, 0.717) is 18.5 Å². The average molecular weight is 397 g/mol. The van der Waals surface area contributed by atoms with Crippen molar-refractivity contribution in [2.45, 2.75) is 30.7 Å². The number of carbonyl (C=O) groups is 1. The number of benzene rings is 2. The summed E-state index contributed by atoms with van der Waals surface area (Å²) in [5.41, 5.74) is 1.27. The number of sulfonamides is 1. The lowest BCUT2D eigenvalue weighted by Gasteiger charge is -2.23. The van der Waals surface area contributed by atoms with E-state index in [1.54, 1.807) is 12.1 Å². The van der Waals surface area contributed by atoms with Crippen molar-refractivity contribution in [1.29, 1.82) is 0 Å². The number of nitrogens with one attached hydrogen (secondary N) is 1. The van der Waals surface area contributed by atoms with Gasteiger partial charge < -0.3 is 5.32 Å². The molecule has 1 saturated heterocycles. The first-order valence-corrected chi connectivity index (χ1v) is 9.95. The number of carbonyl (C=O) groups excluding carboxylic acids is 1. The summed E-state index contributed by atoms with van der Waals surface area (Å²) >= 11 is 5.72. The van der Waals surface area contributed by atoms with E-state index >= 15 is 0 Å². The maximum atomic E-state index is 13.2. The lowest BCUT2D eigenvalue weighted by atomic mass is 10.2. The third-order valence-electron chi connectivity index (χ3n) is 4.32. The minimum atomic E-state index is -3.77. The zero-order valence-electron chi connectivity index (χ0n) is 14.1. The van der Waals surface area contributed by atoms with Gasteiger partial charge in [0.15, 0.2) is 0 Å². The Morgan fingerprint density at radius 2 is 1.92 bits per heavy atom. The van der Waals surface area contributed by atoms with E-state index in [2.05, 4.69) is 5.32 Å². The molecule has 1 heterocycles. The molecule has 3 rings (SSSR count). The van der Waals surface area contributed by atoms with E-state index in [4.69, 9.17) is 11.6 Å². The third kappa shape index (κ3) is 3.75. The summed E-state index contributed by atoms with van der Waals surface area (Å²) in [7, 11) is -3.77. The number of amides is 1. The number of rotatable bonds is 4. The Bertz CT molecular complexity index is 932. The van der Waals surface area contributed by atoms with Crippen LogP contribution in [0.4, 0.5) is 10.1 Å². The van der Waals surface area contributed by atoms with Gasteiger partial charge in [-0.25, -0.2) is 12.8 Å². The van der Waals surface area contributed by atoms with E-state index in [9.17, 15) is 17.6 Å². The molecule has 0 unspecified atom stereocenters. The predicted octanol–water partition coefficient (Wildman–Crippen LogP) is 3.58. The van der Waals surface area contributed by atoms with Crippen LogP contribution in [-0.4, -0.2) is 31.2 Å². The van der Waals surface area contributed by atoms with E-state index in [1.807, 2.05) is 6.92 Å². The van der Waals surface area contributed by atoms with Gasteiger partial charge >= 0.3 is 0 Å². The highest BCUT2D eigenvalue weighted by atomic mass is 35.5. The van der Waals surface area contributed by atoms with Crippen molar-refractivity contribution in [1.82, 2.24) is 4.31 Å². The normalized spacial score (nSPS) is 18.0. The second-order valence-corrected chi connectivity index (χ2v) is 8.50. The standard InChI is InChI=1S/C18H18ClFN2O3S/c1-12-4-7-14(8-5-12)26(24,25)22-10-2-3-17(22)18(23)21-13-6-9-16(20)15(19)11-13/h4-9,11,17H,2-3,10H2,1H3,(H,21,23)/t17-/m1/s1. The van der Waals surface area contributed by atoms with Crippen LogP contribution >= 0.6 is 11.6 Å². The highest BCUT2D eigenvalue weighted by Gasteiger charge is 2.39. The highest BCUT2D eigenvalue weighted by Crippen LogP contribution is 2.28. The third-order valence-corrected chi connectivity index (χ3v) is 6.53. The molecule has 2 aromatic carbocycles. The van der Waals surface area contributed by atoms with Crippen LogP contribution in [0.2, 0.25) is 5.02 Å². The van der Waals surface area contributed by atoms with E-state index in [1.165, 1.54) is 28.6 Å². The molecule has 1 aliphatic heterocycles. The number of nitrogens with zero attached hydrogens (tertiary/aromatic N) is 1. The first kappa shape index (κ1) is 18.8. The molecule has 0 spiro atoms. The SMILES string of the molecule is Cc1ccc(S(=O)(=O)N2CCC[C@@H]2C(=O)Nc2ccc(F)c(Cl)c2)cc1. The fourth-order valence-electron chi connectivity index (χ4n) is 2.93. The van der Waals surface area contributed by atoms with Crippen LogP contribution in [0.5, 0.6) is 0 Å². The topological polar surface area (TPSA) is 66.5 Å². The number of hydrogen-bond donors (Lipinski definition) is 1. The van der Waals surface area contributed by atoms with Crippen molar-refractivity contribution < 1.29 is 17.6 Å². The second kappa shape index (κ2) is 7.34. The molecule has 0 aliphatic carbocycles. The van der Waals surface area contributed by atoms with Crippen LogP contribution in [0.3, 0.4) is 0 Å². The van der Waals surface area contributed by atoms with Gasteiger partial charge in [-0.3, -0.25) is 4.79 Å². The quantitative estimate of drug-likeness (QED) is 0.858. The molecule has 2 aromatic rings. The van der Waals surface area contributed by atoms with Gasteiger partial charge in [0.1, 0.15) is 11.9 Å². The second-order valence-electron chi connectivity index (χ2n) is 6.20. The molecule has 8 heteroatoms. The van der Waals surface area contributed by atoms with Crippen molar-refractivity contribution in [3.05, 3.63) is 58.9 Å². The van der Waals surface area contributed by atoms with Crippen molar-refractivity contribution in [3.8, 4) is 0 Å². The van der Waals surface area contributed by atoms with Gasteiger partial charge in [0, 0.05) is 12.2 Å². The number of halogens is 2. The van der Waals surface area contributed by atoms with Gasteiger partial charge in [0.2, 0.25) is 15.9 Å². The Hall–Kier alpha value is -1.96. The Morgan fingerprint density at radius 1 is 1.23 bits per heavy atom. The lowest BCUT2D eigenvalue weighted by Crippen LogP contribution is -2.43. The molecule has 26 heavy (non-hydrogen) atoms. The van der Waals surface area contributed by atoms with Crippen molar-refractivity contribution in [2.75, 3.05) is 11.9 Å². The van der Waals surface area contributed by atoms with Crippen LogP contribution < -0.4 is 5.32 Å². The number of hydrogen-bond acceptors (Lipinski definition) is 3. The van der Waals surface area contributed by atoms with Gasteiger partial charge in [-0.2, -0.15) is 4.31 Å². The van der Waals surface area contributed by atoms with E-state index in [-0.39, 0.29) is 16.5 Å². The van der Waals surface area contributed by atoms with Gasteiger partial charge in [-0.05, 0) is 50.1 Å². The molecular weight excluding hydrogens is 379 g/mol. The zero-order chi connectivity index (χ0) is 18.9. The number of aryl methyl sites for hydroxylation is 1. The molecule has 1 fully saturated rings. The number of anilines is 1. The van der Waals surface area contributed by atoms with Crippen LogP contribution in [0.1, 0.15) is 18.4 Å². The summed E-state index contributed by atoms with van der Waals surface area (Å²) in [5, 5.41) is 2.51. The molecule has 0 aromatic heterocycles. The summed E-state index contributed by atoms with van der Waals surface area (Å²) < 4.78 is 40.2.